The Labute approximate surface area is 77.4 Å². The predicted molar refractivity (Wildman–Crippen MR) is 48.0 cm³/mol. The number of rotatable bonds is 3. The number of amides is 1. The van der Waals surface area contributed by atoms with Crippen LogP contribution in [0.5, 0.6) is 0 Å². The molecule has 0 aliphatic rings. The Morgan fingerprint density at radius 3 is 2.69 bits per heavy atom. The molecule has 1 amide bonds. The summed E-state index contributed by atoms with van der Waals surface area (Å²) in [5.74, 6) is -0.174. The molecule has 0 saturated carbocycles. The summed E-state index contributed by atoms with van der Waals surface area (Å²) in [5, 5.41) is 14.2. The van der Waals surface area contributed by atoms with Crippen molar-refractivity contribution in [1.82, 2.24) is 5.32 Å². The fourth-order valence-electron chi connectivity index (χ4n) is 0.544. The number of carbonyl (C=O) groups is 1. The van der Waals surface area contributed by atoms with Crippen molar-refractivity contribution < 1.29 is 9.63 Å². The SMILES string of the molecule is CNC(=O)ON=CC(C#N)C(C)C. The van der Waals surface area contributed by atoms with Gasteiger partial charge in [-0.15, -0.1) is 0 Å². The first-order valence-electron chi connectivity index (χ1n) is 3.93. The lowest BCUT2D eigenvalue weighted by Crippen LogP contribution is -2.17. The maximum atomic E-state index is 10.5. The van der Waals surface area contributed by atoms with Crippen LogP contribution in [0.3, 0.4) is 0 Å². The van der Waals surface area contributed by atoms with Gasteiger partial charge in [0.2, 0.25) is 0 Å². The fourth-order valence-corrected chi connectivity index (χ4v) is 0.544. The third-order valence-electron chi connectivity index (χ3n) is 1.43. The van der Waals surface area contributed by atoms with E-state index in [0.717, 1.165) is 0 Å². The van der Waals surface area contributed by atoms with Crippen LogP contribution in [0.4, 0.5) is 4.79 Å². The number of oxime groups is 1. The van der Waals surface area contributed by atoms with Crippen LogP contribution in [-0.4, -0.2) is 19.4 Å². The summed E-state index contributed by atoms with van der Waals surface area (Å²) in [6.07, 6.45) is 0.677. The normalized spacial score (nSPS) is 12.5. The van der Waals surface area contributed by atoms with E-state index in [9.17, 15) is 4.79 Å². The van der Waals surface area contributed by atoms with Crippen LogP contribution in [0, 0.1) is 23.2 Å². The highest BCUT2D eigenvalue weighted by Crippen LogP contribution is 2.06. The molecule has 0 aliphatic heterocycles. The monoisotopic (exact) mass is 183 g/mol. The minimum atomic E-state index is -0.642. The lowest BCUT2D eigenvalue weighted by molar-refractivity contribution is 0.153. The lowest BCUT2D eigenvalue weighted by atomic mass is 9.99. The minimum absolute atomic E-state index is 0.155. The molecule has 0 saturated heterocycles. The van der Waals surface area contributed by atoms with Gasteiger partial charge in [0.25, 0.3) is 0 Å². The third kappa shape index (κ3) is 4.80. The van der Waals surface area contributed by atoms with E-state index in [4.69, 9.17) is 5.26 Å². The summed E-state index contributed by atoms with van der Waals surface area (Å²) >= 11 is 0. The zero-order valence-corrected chi connectivity index (χ0v) is 7.94. The Kier molecular flexibility index (Phi) is 5.28. The second-order valence-corrected chi connectivity index (χ2v) is 2.78. The van der Waals surface area contributed by atoms with E-state index in [1.807, 2.05) is 19.9 Å². The van der Waals surface area contributed by atoms with Crippen LogP contribution in [0.1, 0.15) is 13.8 Å². The Balaban J connectivity index is 3.96. The van der Waals surface area contributed by atoms with Gasteiger partial charge in [-0.25, -0.2) is 4.79 Å². The molecule has 13 heavy (non-hydrogen) atoms. The van der Waals surface area contributed by atoms with Gasteiger partial charge in [-0.3, -0.25) is 4.84 Å². The number of hydrogen-bond acceptors (Lipinski definition) is 4. The quantitative estimate of drug-likeness (QED) is 0.405. The van der Waals surface area contributed by atoms with Crippen molar-refractivity contribution in [2.75, 3.05) is 7.05 Å². The van der Waals surface area contributed by atoms with Crippen molar-refractivity contribution >= 4 is 12.3 Å². The van der Waals surface area contributed by atoms with Crippen molar-refractivity contribution in [3.05, 3.63) is 0 Å². The topological polar surface area (TPSA) is 74.5 Å². The van der Waals surface area contributed by atoms with Gasteiger partial charge >= 0.3 is 6.09 Å². The second-order valence-electron chi connectivity index (χ2n) is 2.78. The van der Waals surface area contributed by atoms with Crippen LogP contribution in [-0.2, 0) is 4.84 Å². The molecule has 0 aromatic rings. The molecule has 0 fully saturated rings. The van der Waals surface area contributed by atoms with E-state index in [-0.39, 0.29) is 11.8 Å². The van der Waals surface area contributed by atoms with Gasteiger partial charge in [0, 0.05) is 7.05 Å². The first kappa shape index (κ1) is 11.4. The van der Waals surface area contributed by atoms with Crippen LogP contribution in [0.15, 0.2) is 5.16 Å². The molecule has 72 valence electrons. The zero-order valence-electron chi connectivity index (χ0n) is 7.94. The lowest BCUT2D eigenvalue weighted by Gasteiger charge is -2.04. The average molecular weight is 183 g/mol. The maximum Gasteiger partial charge on any atom is 0.433 e. The molecule has 0 aliphatic carbocycles. The molecule has 0 aromatic carbocycles. The molecular weight excluding hydrogens is 170 g/mol. The van der Waals surface area contributed by atoms with Gasteiger partial charge in [-0.2, -0.15) is 5.26 Å². The summed E-state index contributed by atoms with van der Waals surface area (Å²) in [5.41, 5.74) is 0. The van der Waals surface area contributed by atoms with Gasteiger partial charge in [0.1, 0.15) is 0 Å². The van der Waals surface area contributed by atoms with Crippen LogP contribution in [0.25, 0.3) is 0 Å². The van der Waals surface area contributed by atoms with E-state index in [0.29, 0.717) is 0 Å². The van der Waals surface area contributed by atoms with E-state index < -0.39 is 6.09 Å². The van der Waals surface area contributed by atoms with Crippen molar-refractivity contribution in [1.29, 1.82) is 5.26 Å². The summed E-state index contributed by atoms with van der Waals surface area (Å²) < 4.78 is 0. The molecule has 5 nitrogen and oxygen atoms in total. The van der Waals surface area contributed by atoms with Crippen LogP contribution in [0.2, 0.25) is 0 Å². The molecule has 0 aromatic heterocycles. The van der Waals surface area contributed by atoms with Crippen molar-refractivity contribution in [3.8, 4) is 6.07 Å². The number of nitriles is 1. The van der Waals surface area contributed by atoms with Crippen molar-refractivity contribution in [3.63, 3.8) is 0 Å². The maximum absolute atomic E-state index is 10.5. The highest BCUT2D eigenvalue weighted by molar-refractivity contribution is 5.69. The fraction of sp³-hybridized carbons (Fsp3) is 0.625. The van der Waals surface area contributed by atoms with Gasteiger partial charge in [0.15, 0.2) is 0 Å². The Hall–Kier alpha value is -1.57. The number of carbonyl (C=O) groups excluding carboxylic acids is 1. The molecule has 0 heterocycles. The van der Waals surface area contributed by atoms with Crippen molar-refractivity contribution in [2.24, 2.45) is 17.0 Å². The van der Waals surface area contributed by atoms with Gasteiger partial charge in [-0.1, -0.05) is 19.0 Å². The largest absolute Gasteiger partial charge is 0.433 e. The van der Waals surface area contributed by atoms with Crippen molar-refractivity contribution in [2.45, 2.75) is 13.8 Å². The number of nitrogens with zero attached hydrogens (tertiary/aromatic N) is 2. The summed E-state index contributed by atoms with van der Waals surface area (Å²) in [6.45, 7) is 3.78. The summed E-state index contributed by atoms with van der Waals surface area (Å²) in [6, 6.07) is 2.03. The second kappa shape index (κ2) is 6.00. The van der Waals surface area contributed by atoms with Crippen LogP contribution < -0.4 is 5.32 Å². The van der Waals surface area contributed by atoms with E-state index in [2.05, 4.69) is 15.3 Å². The van der Waals surface area contributed by atoms with E-state index >= 15 is 0 Å². The van der Waals surface area contributed by atoms with E-state index in [1.54, 1.807) is 0 Å². The highest BCUT2D eigenvalue weighted by Gasteiger charge is 2.09. The molecule has 0 bridgehead atoms. The Bertz CT molecular complexity index is 230. The molecular formula is C8H13N3O2. The average Bonchev–Trinajstić information content (AvgIpc) is 2.11. The minimum Gasteiger partial charge on any atom is -0.323 e. The van der Waals surface area contributed by atoms with Gasteiger partial charge < -0.3 is 5.32 Å². The molecule has 0 radical (unpaired) electrons. The molecule has 0 spiro atoms. The first-order chi connectivity index (χ1) is 6.11. The smallest absolute Gasteiger partial charge is 0.323 e. The Morgan fingerprint density at radius 2 is 2.31 bits per heavy atom. The molecule has 5 heteroatoms. The molecule has 0 rings (SSSR count). The van der Waals surface area contributed by atoms with E-state index in [1.165, 1.54) is 13.3 Å². The molecule has 1 unspecified atom stereocenters. The summed E-state index contributed by atoms with van der Waals surface area (Å²) in [7, 11) is 1.43. The van der Waals surface area contributed by atoms with Crippen LogP contribution >= 0.6 is 0 Å². The molecule has 1 N–H and O–H groups in total. The number of nitrogens with one attached hydrogen (secondary N) is 1. The highest BCUT2D eigenvalue weighted by atomic mass is 16.7. The Morgan fingerprint density at radius 1 is 1.69 bits per heavy atom. The third-order valence-corrected chi connectivity index (χ3v) is 1.43. The predicted octanol–water partition coefficient (Wildman–Crippen LogP) is 1.12. The standard InChI is InChI=1S/C8H13N3O2/c1-6(2)7(4-9)5-11-13-8(12)10-3/h5-7H,1-3H3,(H,10,12). The molecule has 1 atom stereocenters. The van der Waals surface area contributed by atoms with Gasteiger partial charge in [0.05, 0.1) is 18.2 Å². The first-order valence-corrected chi connectivity index (χ1v) is 3.93. The number of hydrogen-bond donors (Lipinski definition) is 1. The van der Waals surface area contributed by atoms with Gasteiger partial charge in [-0.05, 0) is 5.92 Å². The zero-order chi connectivity index (χ0) is 10.3. The summed E-state index contributed by atoms with van der Waals surface area (Å²) in [4.78, 5) is 14.9.